The SMILES string of the molecule is CCNC(=O)CCCC[C@@H](C)[C@H]1CNC(=O)N1. The zero-order chi connectivity index (χ0) is 12.7. The van der Waals surface area contributed by atoms with Gasteiger partial charge in [0, 0.05) is 19.5 Å². The highest BCUT2D eigenvalue weighted by molar-refractivity contribution is 5.76. The highest BCUT2D eigenvalue weighted by Crippen LogP contribution is 2.14. The third kappa shape index (κ3) is 5.06. The van der Waals surface area contributed by atoms with Crippen LogP contribution in [0.5, 0.6) is 0 Å². The molecular weight excluding hydrogens is 218 g/mol. The van der Waals surface area contributed by atoms with Crippen LogP contribution < -0.4 is 16.0 Å². The van der Waals surface area contributed by atoms with Crippen molar-refractivity contribution in [2.24, 2.45) is 5.92 Å². The van der Waals surface area contributed by atoms with Gasteiger partial charge in [-0.05, 0) is 25.7 Å². The maximum Gasteiger partial charge on any atom is 0.315 e. The zero-order valence-electron chi connectivity index (χ0n) is 10.7. The molecule has 0 aromatic carbocycles. The van der Waals surface area contributed by atoms with Crippen LogP contribution in [0.4, 0.5) is 4.79 Å². The van der Waals surface area contributed by atoms with Crippen molar-refractivity contribution in [3.05, 3.63) is 0 Å². The predicted molar refractivity (Wildman–Crippen MR) is 66.6 cm³/mol. The summed E-state index contributed by atoms with van der Waals surface area (Å²) in [5.41, 5.74) is 0. The molecule has 0 bridgehead atoms. The fourth-order valence-corrected chi connectivity index (χ4v) is 2.06. The van der Waals surface area contributed by atoms with Crippen molar-refractivity contribution in [3.8, 4) is 0 Å². The summed E-state index contributed by atoms with van der Waals surface area (Å²) in [7, 11) is 0. The van der Waals surface area contributed by atoms with Gasteiger partial charge in [0.2, 0.25) is 5.91 Å². The minimum atomic E-state index is -0.0656. The van der Waals surface area contributed by atoms with Crippen LogP contribution in [0, 0.1) is 5.92 Å². The first kappa shape index (κ1) is 13.8. The van der Waals surface area contributed by atoms with Crippen molar-refractivity contribution in [2.75, 3.05) is 13.1 Å². The molecule has 1 rings (SSSR count). The van der Waals surface area contributed by atoms with E-state index in [0.717, 1.165) is 25.8 Å². The van der Waals surface area contributed by atoms with E-state index < -0.39 is 0 Å². The molecule has 0 saturated carbocycles. The molecule has 2 atom stereocenters. The second-order valence-corrected chi connectivity index (χ2v) is 4.64. The Hall–Kier alpha value is -1.26. The summed E-state index contributed by atoms with van der Waals surface area (Å²) >= 11 is 0. The van der Waals surface area contributed by atoms with Crippen LogP contribution in [-0.2, 0) is 4.79 Å². The van der Waals surface area contributed by atoms with Gasteiger partial charge in [0.1, 0.15) is 0 Å². The van der Waals surface area contributed by atoms with Crippen molar-refractivity contribution in [3.63, 3.8) is 0 Å². The number of carbonyl (C=O) groups is 2. The van der Waals surface area contributed by atoms with Crippen molar-refractivity contribution in [1.29, 1.82) is 0 Å². The molecule has 0 spiro atoms. The quantitative estimate of drug-likeness (QED) is 0.582. The van der Waals surface area contributed by atoms with Crippen LogP contribution in [0.1, 0.15) is 39.5 Å². The van der Waals surface area contributed by atoms with E-state index in [1.54, 1.807) is 0 Å². The van der Waals surface area contributed by atoms with Gasteiger partial charge in [-0.1, -0.05) is 13.3 Å². The van der Waals surface area contributed by atoms with Crippen LogP contribution in [0.25, 0.3) is 0 Å². The van der Waals surface area contributed by atoms with Gasteiger partial charge in [0.25, 0.3) is 0 Å². The molecule has 1 heterocycles. The molecule has 5 heteroatoms. The maximum absolute atomic E-state index is 11.2. The predicted octanol–water partition coefficient (Wildman–Crippen LogP) is 1.00. The van der Waals surface area contributed by atoms with Gasteiger partial charge in [-0.2, -0.15) is 0 Å². The molecule has 3 N–H and O–H groups in total. The lowest BCUT2D eigenvalue weighted by atomic mass is 9.96. The van der Waals surface area contributed by atoms with Gasteiger partial charge in [-0.15, -0.1) is 0 Å². The minimum Gasteiger partial charge on any atom is -0.356 e. The Balaban J connectivity index is 2.06. The summed E-state index contributed by atoms with van der Waals surface area (Å²) in [4.78, 5) is 22.2. The summed E-state index contributed by atoms with van der Waals surface area (Å²) in [5.74, 6) is 0.596. The van der Waals surface area contributed by atoms with E-state index in [-0.39, 0.29) is 18.0 Å². The topological polar surface area (TPSA) is 70.2 Å². The zero-order valence-corrected chi connectivity index (χ0v) is 10.7. The largest absolute Gasteiger partial charge is 0.356 e. The molecule has 0 aromatic rings. The normalized spacial score (nSPS) is 20.6. The molecular formula is C12H23N3O2. The average molecular weight is 241 g/mol. The first-order valence-corrected chi connectivity index (χ1v) is 6.44. The van der Waals surface area contributed by atoms with Gasteiger partial charge >= 0.3 is 6.03 Å². The van der Waals surface area contributed by atoms with E-state index in [0.29, 0.717) is 18.9 Å². The van der Waals surface area contributed by atoms with Gasteiger partial charge in [0.15, 0.2) is 0 Å². The monoisotopic (exact) mass is 241 g/mol. The van der Waals surface area contributed by atoms with Crippen molar-refractivity contribution in [2.45, 2.75) is 45.6 Å². The molecule has 0 unspecified atom stereocenters. The van der Waals surface area contributed by atoms with Crippen LogP contribution >= 0.6 is 0 Å². The Labute approximate surface area is 103 Å². The van der Waals surface area contributed by atoms with Crippen molar-refractivity contribution < 1.29 is 9.59 Å². The summed E-state index contributed by atoms with van der Waals surface area (Å²) < 4.78 is 0. The number of nitrogens with one attached hydrogen (secondary N) is 3. The Morgan fingerprint density at radius 3 is 2.88 bits per heavy atom. The fourth-order valence-electron chi connectivity index (χ4n) is 2.06. The van der Waals surface area contributed by atoms with Crippen LogP contribution in [0.15, 0.2) is 0 Å². The molecule has 98 valence electrons. The van der Waals surface area contributed by atoms with E-state index in [1.807, 2.05) is 6.92 Å². The molecule has 3 amide bonds. The summed E-state index contributed by atoms with van der Waals surface area (Å²) in [5, 5.41) is 8.44. The molecule has 1 aliphatic heterocycles. The number of hydrogen-bond donors (Lipinski definition) is 3. The highest BCUT2D eigenvalue weighted by atomic mass is 16.2. The highest BCUT2D eigenvalue weighted by Gasteiger charge is 2.24. The first-order chi connectivity index (χ1) is 8.13. The summed E-state index contributed by atoms with van der Waals surface area (Å²) in [6.45, 7) is 5.49. The van der Waals surface area contributed by atoms with Crippen LogP contribution in [0.3, 0.4) is 0 Å². The number of hydrogen-bond acceptors (Lipinski definition) is 2. The third-order valence-electron chi connectivity index (χ3n) is 3.17. The van der Waals surface area contributed by atoms with Gasteiger partial charge < -0.3 is 16.0 Å². The molecule has 0 aromatic heterocycles. The Bertz CT molecular complexity index is 268. The smallest absolute Gasteiger partial charge is 0.315 e. The lowest BCUT2D eigenvalue weighted by molar-refractivity contribution is -0.121. The number of unbranched alkanes of at least 4 members (excludes halogenated alkanes) is 1. The number of carbonyl (C=O) groups excluding carboxylic acids is 2. The van der Waals surface area contributed by atoms with E-state index >= 15 is 0 Å². The van der Waals surface area contributed by atoms with Gasteiger partial charge in [-0.3, -0.25) is 4.79 Å². The second-order valence-electron chi connectivity index (χ2n) is 4.64. The van der Waals surface area contributed by atoms with E-state index in [2.05, 4.69) is 22.9 Å². The van der Waals surface area contributed by atoms with E-state index in [9.17, 15) is 9.59 Å². The Morgan fingerprint density at radius 1 is 1.53 bits per heavy atom. The number of amides is 3. The van der Waals surface area contributed by atoms with Gasteiger partial charge in [0.05, 0.1) is 6.04 Å². The Morgan fingerprint density at radius 2 is 2.29 bits per heavy atom. The van der Waals surface area contributed by atoms with E-state index in [1.165, 1.54) is 0 Å². The second kappa shape index (κ2) is 7.14. The minimum absolute atomic E-state index is 0.0656. The lowest BCUT2D eigenvalue weighted by Gasteiger charge is -2.17. The molecule has 0 aliphatic carbocycles. The van der Waals surface area contributed by atoms with Crippen molar-refractivity contribution in [1.82, 2.24) is 16.0 Å². The van der Waals surface area contributed by atoms with Crippen LogP contribution in [-0.4, -0.2) is 31.1 Å². The van der Waals surface area contributed by atoms with Gasteiger partial charge in [-0.25, -0.2) is 4.79 Å². The molecule has 17 heavy (non-hydrogen) atoms. The summed E-state index contributed by atoms with van der Waals surface area (Å²) in [6, 6.07) is 0.177. The first-order valence-electron chi connectivity index (χ1n) is 6.44. The molecule has 0 radical (unpaired) electrons. The maximum atomic E-state index is 11.2. The number of rotatable bonds is 7. The fraction of sp³-hybridized carbons (Fsp3) is 0.833. The lowest BCUT2D eigenvalue weighted by Crippen LogP contribution is -2.32. The molecule has 1 saturated heterocycles. The summed E-state index contributed by atoms with van der Waals surface area (Å²) in [6.07, 6.45) is 3.61. The third-order valence-corrected chi connectivity index (χ3v) is 3.17. The Kier molecular flexibility index (Phi) is 5.80. The van der Waals surface area contributed by atoms with Crippen molar-refractivity contribution >= 4 is 11.9 Å². The standard InChI is InChI=1S/C12H23N3O2/c1-3-13-11(16)7-5-4-6-9(2)10-8-14-12(17)15-10/h9-10H,3-8H2,1-2H3,(H,13,16)(H2,14,15,17)/t9-,10-/m1/s1. The molecule has 1 aliphatic rings. The average Bonchev–Trinajstić information content (AvgIpc) is 2.71. The number of urea groups is 1. The van der Waals surface area contributed by atoms with E-state index in [4.69, 9.17) is 0 Å². The molecule has 5 nitrogen and oxygen atoms in total. The van der Waals surface area contributed by atoms with Crippen LogP contribution in [0.2, 0.25) is 0 Å². The molecule has 1 fully saturated rings.